The van der Waals surface area contributed by atoms with Crippen molar-refractivity contribution in [2.45, 2.75) is 0 Å². The van der Waals surface area contributed by atoms with Gasteiger partial charge in [-0.05, 0) is 12.1 Å². The molecular weight excluding hydrogens is 256 g/mol. The van der Waals surface area contributed by atoms with E-state index in [1.54, 1.807) is 0 Å². The van der Waals surface area contributed by atoms with E-state index in [2.05, 4.69) is 10.1 Å². The van der Waals surface area contributed by atoms with Gasteiger partial charge in [0, 0.05) is 12.4 Å². The van der Waals surface area contributed by atoms with E-state index in [-0.39, 0.29) is 5.56 Å². The summed E-state index contributed by atoms with van der Waals surface area (Å²) in [7, 11) is 0. The lowest BCUT2D eigenvalue weighted by Crippen LogP contribution is -2.13. The first-order chi connectivity index (χ1) is 9.00. The van der Waals surface area contributed by atoms with Crippen molar-refractivity contribution in [3.63, 3.8) is 0 Å². The summed E-state index contributed by atoms with van der Waals surface area (Å²) in [4.78, 5) is 36.2. The number of carboxylic acids is 1. The smallest absolute Gasteiger partial charge is 0.363 e. The van der Waals surface area contributed by atoms with Gasteiger partial charge in [0.1, 0.15) is 6.20 Å². The van der Waals surface area contributed by atoms with Gasteiger partial charge in [-0.3, -0.25) is 19.9 Å². The molecule has 9 heteroatoms. The minimum absolute atomic E-state index is 0.136. The largest absolute Gasteiger partial charge is 0.476 e. The van der Waals surface area contributed by atoms with E-state index in [1.165, 1.54) is 24.5 Å². The van der Waals surface area contributed by atoms with E-state index >= 15 is 0 Å². The maximum absolute atomic E-state index is 11.9. The molecule has 0 aliphatic carbocycles. The van der Waals surface area contributed by atoms with Gasteiger partial charge in [-0.15, -0.1) is 0 Å². The molecule has 1 N–H and O–H groups in total. The van der Waals surface area contributed by atoms with Crippen LogP contribution >= 0.6 is 0 Å². The zero-order valence-corrected chi connectivity index (χ0v) is 9.26. The maximum atomic E-state index is 11.9. The third-order valence-electron chi connectivity index (χ3n) is 2.21. The molecule has 0 aliphatic rings. The number of carbonyl (C=O) groups is 2. The molecule has 0 atom stereocenters. The molecule has 0 amide bonds. The molecular formula is C10H6N4O5. The van der Waals surface area contributed by atoms with E-state index in [4.69, 9.17) is 5.11 Å². The number of hydrogen-bond donors (Lipinski definition) is 1. The summed E-state index contributed by atoms with van der Waals surface area (Å²) in [5, 5.41) is 22.8. The Morgan fingerprint density at radius 1 is 1.42 bits per heavy atom. The standard InChI is InChI=1S/C10H6N4O5/c15-9(6-2-1-3-11-4-6)13-5-7(14(18)19)8(12-13)10(16)17/h1-5H,(H,16,17). The number of aromatic nitrogens is 3. The molecule has 0 unspecified atom stereocenters. The average Bonchev–Trinajstić information content (AvgIpc) is 2.84. The lowest BCUT2D eigenvalue weighted by molar-refractivity contribution is -0.385. The normalized spacial score (nSPS) is 10.1. The van der Waals surface area contributed by atoms with Crippen LogP contribution in [0.25, 0.3) is 0 Å². The molecule has 0 spiro atoms. The lowest BCUT2D eigenvalue weighted by Gasteiger charge is -1.97. The summed E-state index contributed by atoms with van der Waals surface area (Å²) in [6.07, 6.45) is 3.46. The van der Waals surface area contributed by atoms with Gasteiger partial charge in [-0.2, -0.15) is 9.78 Å². The summed E-state index contributed by atoms with van der Waals surface area (Å²) in [5.74, 6) is -2.28. The van der Waals surface area contributed by atoms with Crippen molar-refractivity contribution in [1.82, 2.24) is 14.8 Å². The van der Waals surface area contributed by atoms with Crippen LogP contribution in [0.4, 0.5) is 5.69 Å². The molecule has 0 bridgehead atoms. The number of nitrogens with zero attached hydrogens (tertiary/aromatic N) is 4. The van der Waals surface area contributed by atoms with Gasteiger partial charge < -0.3 is 5.11 Å². The van der Waals surface area contributed by atoms with Crippen LogP contribution in [0.5, 0.6) is 0 Å². The number of carboxylic acid groups (broad SMARTS) is 1. The van der Waals surface area contributed by atoms with Gasteiger partial charge in [0.15, 0.2) is 0 Å². The molecule has 0 saturated carbocycles. The van der Waals surface area contributed by atoms with Crippen LogP contribution in [-0.2, 0) is 0 Å². The highest BCUT2D eigenvalue weighted by Crippen LogP contribution is 2.17. The molecule has 96 valence electrons. The van der Waals surface area contributed by atoms with Crippen LogP contribution in [0.3, 0.4) is 0 Å². The number of carbonyl (C=O) groups excluding carboxylic acids is 1. The molecule has 9 nitrogen and oxygen atoms in total. The van der Waals surface area contributed by atoms with Crippen molar-refractivity contribution in [3.8, 4) is 0 Å². The maximum Gasteiger partial charge on any atom is 0.363 e. The molecule has 0 fully saturated rings. The quantitative estimate of drug-likeness (QED) is 0.632. The zero-order valence-electron chi connectivity index (χ0n) is 9.26. The average molecular weight is 262 g/mol. The predicted molar refractivity (Wildman–Crippen MR) is 59.8 cm³/mol. The highest BCUT2D eigenvalue weighted by atomic mass is 16.6. The van der Waals surface area contributed by atoms with E-state index in [9.17, 15) is 19.7 Å². The highest BCUT2D eigenvalue weighted by Gasteiger charge is 2.27. The molecule has 2 heterocycles. The Hall–Kier alpha value is -3.10. The minimum Gasteiger partial charge on any atom is -0.476 e. The molecule has 2 aromatic rings. The first-order valence-corrected chi connectivity index (χ1v) is 4.93. The van der Waals surface area contributed by atoms with Crippen LogP contribution in [0, 0.1) is 10.1 Å². The zero-order chi connectivity index (χ0) is 14.0. The topological polar surface area (TPSA) is 128 Å². The monoisotopic (exact) mass is 262 g/mol. The number of aromatic carboxylic acids is 1. The summed E-state index contributed by atoms with van der Waals surface area (Å²) < 4.78 is 0.610. The second-order valence-electron chi connectivity index (χ2n) is 3.42. The SMILES string of the molecule is O=C(O)c1nn(C(=O)c2cccnc2)cc1[N+](=O)[O-]. The van der Waals surface area contributed by atoms with Gasteiger partial charge in [0.25, 0.3) is 5.91 Å². The first-order valence-electron chi connectivity index (χ1n) is 4.93. The number of hydrogen-bond acceptors (Lipinski definition) is 6. The highest BCUT2D eigenvalue weighted by molar-refractivity contribution is 5.97. The van der Waals surface area contributed by atoms with Crippen molar-refractivity contribution in [3.05, 3.63) is 52.1 Å². The molecule has 0 aromatic carbocycles. The summed E-state index contributed by atoms with van der Waals surface area (Å²) in [6, 6.07) is 2.94. The third kappa shape index (κ3) is 2.29. The Morgan fingerprint density at radius 2 is 2.16 bits per heavy atom. The van der Waals surface area contributed by atoms with E-state index < -0.39 is 28.2 Å². The molecule has 0 aliphatic heterocycles. The lowest BCUT2D eigenvalue weighted by atomic mass is 10.3. The molecule has 2 aromatic heterocycles. The molecule has 19 heavy (non-hydrogen) atoms. The van der Waals surface area contributed by atoms with Crippen LogP contribution in [0.15, 0.2) is 30.7 Å². The fourth-order valence-corrected chi connectivity index (χ4v) is 1.38. The van der Waals surface area contributed by atoms with Gasteiger partial charge in [-0.25, -0.2) is 4.79 Å². The van der Waals surface area contributed by atoms with E-state index in [0.717, 1.165) is 6.20 Å². The number of pyridine rings is 1. The minimum atomic E-state index is -1.58. The Bertz CT molecular complexity index is 632. The van der Waals surface area contributed by atoms with Crippen molar-refractivity contribution < 1.29 is 19.6 Å². The predicted octanol–water partition coefficient (Wildman–Crippen LogP) is 0.573. The van der Waals surface area contributed by atoms with Crippen molar-refractivity contribution in [2.24, 2.45) is 0 Å². The molecule has 2 rings (SSSR count). The number of rotatable bonds is 3. The van der Waals surface area contributed by atoms with Crippen LogP contribution < -0.4 is 0 Å². The van der Waals surface area contributed by atoms with Gasteiger partial charge in [0.2, 0.25) is 5.69 Å². The summed E-state index contributed by atoms with van der Waals surface area (Å²) in [6.45, 7) is 0. The van der Waals surface area contributed by atoms with Crippen molar-refractivity contribution in [1.29, 1.82) is 0 Å². The van der Waals surface area contributed by atoms with Crippen molar-refractivity contribution >= 4 is 17.6 Å². The fraction of sp³-hybridized carbons (Fsp3) is 0. The Balaban J connectivity index is 2.47. The second-order valence-corrected chi connectivity index (χ2v) is 3.42. The Kier molecular flexibility index (Phi) is 3.02. The Labute approximate surface area is 105 Å². The van der Waals surface area contributed by atoms with E-state index in [0.29, 0.717) is 4.68 Å². The van der Waals surface area contributed by atoms with Crippen molar-refractivity contribution in [2.75, 3.05) is 0 Å². The second kappa shape index (κ2) is 4.64. The summed E-state index contributed by atoms with van der Waals surface area (Å²) in [5.41, 5.74) is -1.40. The molecule has 0 radical (unpaired) electrons. The fourth-order valence-electron chi connectivity index (χ4n) is 1.38. The third-order valence-corrected chi connectivity index (χ3v) is 2.21. The van der Waals surface area contributed by atoms with E-state index in [1.807, 2.05) is 0 Å². The van der Waals surface area contributed by atoms with Gasteiger partial charge in [0.05, 0.1) is 10.5 Å². The van der Waals surface area contributed by atoms with Crippen LogP contribution in [0.1, 0.15) is 20.8 Å². The first kappa shape index (κ1) is 12.4. The van der Waals surface area contributed by atoms with Crippen LogP contribution in [-0.4, -0.2) is 36.7 Å². The van der Waals surface area contributed by atoms with Crippen LogP contribution in [0.2, 0.25) is 0 Å². The molecule has 0 saturated heterocycles. The summed E-state index contributed by atoms with van der Waals surface area (Å²) >= 11 is 0. The van der Waals surface area contributed by atoms with Gasteiger partial charge in [-0.1, -0.05) is 0 Å². The van der Waals surface area contributed by atoms with Gasteiger partial charge >= 0.3 is 11.7 Å². The number of nitro groups is 1. The Morgan fingerprint density at radius 3 is 2.63 bits per heavy atom.